The van der Waals surface area contributed by atoms with Crippen LogP contribution in [0.25, 0.3) is 11.0 Å². The molecule has 4 heteroatoms. The van der Waals surface area contributed by atoms with E-state index >= 15 is 0 Å². The fraction of sp³-hybridized carbons (Fsp3) is 0.176. The summed E-state index contributed by atoms with van der Waals surface area (Å²) in [7, 11) is 1.89. The lowest BCUT2D eigenvalue weighted by Gasteiger charge is -2.14. The van der Waals surface area contributed by atoms with Crippen molar-refractivity contribution in [1.82, 2.24) is 5.32 Å². The first kappa shape index (κ1) is 14.5. The molecular weight excluding hydrogens is 305 g/mol. The van der Waals surface area contributed by atoms with Crippen molar-refractivity contribution >= 4 is 34.2 Å². The molecule has 1 unspecified atom stereocenters. The van der Waals surface area contributed by atoms with Gasteiger partial charge in [0.2, 0.25) is 0 Å². The third kappa shape index (κ3) is 2.80. The second kappa shape index (κ2) is 5.72. The Bertz CT molecular complexity index is 795. The Morgan fingerprint density at radius 3 is 2.52 bits per heavy atom. The molecule has 0 saturated carbocycles. The van der Waals surface area contributed by atoms with Gasteiger partial charge in [0.1, 0.15) is 11.3 Å². The molecule has 0 aliphatic heterocycles. The van der Waals surface area contributed by atoms with Crippen LogP contribution in [0.5, 0.6) is 0 Å². The lowest BCUT2D eigenvalue weighted by atomic mass is 10.0. The summed E-state index contributed by atoms with van der Waals surface area (Å²) in [6.07, 6.45) is 0. The highest BCUT2D eigenvalue weighted by atomic mass is 35.5. The van der Waals surface area contributed by atoms with Gasteiger partial charge in [-0.25, -0.2) is 0 Å². The van der Waals surface area contributed by atoms with Crippen LogP contribution in [0.2, 0.25) is 10.0 Å². The molecule has 2 nitrogen and oxygen atoms in total. The van der Waals surface area contributed by atoms with Gasteiger partial charge in [-0.3, -0.25) is 0 Å². The van der Waals surface area contributed by atoms with Gasteiger partial charge in [0.05, 0.1) is 16.1 Å². The van der Waals surface area contributed by atoms with Gasteiger partial charge in [-0.2, -0.15) is 0 Å². The first-order valence-corrected chi connectivity index (χ1v) is 7.46. The summed E-state index contributed by atoms with van der Waals surface area (Å²) in [4.78, 5) is 0. The second-order valence-electron chi connectivity index (χ2n) is 5.09. The maximum atomic E-state index is 6.11. The van der Waals surface area contributed by atoms with Crippen LogP contribution >= 0.6 is 23.2 Å². The van der Waals surface area contributed by atoms with Gasteiger partial charge < -0.3 is 9.73 Å². The number of furan rings is 1. The molecule has 3 rings (SSSR count). The van der Waals surface area contributed by atoms with E-state index < -0.39 is 0 Å². The van der Waals surface area contributed by atoms with E-state index in [1.807, 2.05) is 31.3 Å². The lowest BCUT2D eigenvalue weighted by Crippen LogP contribution is -2.16. The van der Waals surface area contributed by atoms with Crippen molar-refractivity contribution in [2.24, 2.45) is 0 Å². The van der Waals surface area contributed by atoms with Crippen LogP contribution in [-0.2, 0) is 0 Å². The van der Waals surface area contributed by atoms with Crippen LogP contribution in [-0.4, -0.2) is 7.05 Å². The van der Waals surface area contributed by atoms with Crippen LogP contribution in [0.3, 0.4) is 0 Å². The Labute approximate surface area is 133 Å². The number of halogens is 2. The van der Waals surface area contributed by atoms with Gasteiger partial charge in [-0.1, -0.05) is 40.9 Å². The third-order valence-electron chi connectivity index (χ3n) is 3.54. The number of benzene rings is 2. The molecule has 21 heavy (non-hydrogen) atoms. The zero-order chi connectivity index (χ0) is 15.0. The van der Waals surface area contributed by atoms with Crippen molar-refractivity contribution in [3.63, 3.8) is 0 Å². The molecule has 3 aromatic rings. The minimum absolute atomic E-state index is 0.0625. The number of aryl methyl sites for hydroxylation is 1. The maximum absolute atomic E-state index is 6.11. The van der Waals surface area contributed by atoms with Crippen molar-refractivity contribution in [2.75, 3.05) is 7.05 Å². The number of fused-ring (bicyclic) bond motifs is 1. The van der Waals surface area contributed by atoms with E-state index in [9.17, 15) is 0 Å². The highest BCUT2D eigenvalue weighted by molar-refractivity contribution is 6.42. The minimum Gasteiger partial charge on any atom is -0.459 e. The van der Waals surface area contributed by atoms with E-state index in [0.29, 0.717) is 10.0 Å². The van der Waals surface area contributed by atoms with E-state index in [2.05, 4.69) is 24.4 Å². The number of hydrogen-bond donors (Lipinski definition) is 1. The summed E-state index contributed by atoms with van der Waals surface area (Å²) in [6, 6.07) is 13.8. The zero-order valence-electron chi connectivity index (χ0n) is 11.8. The Hall–Kier alpha value is -1.48. The van der Waals surface area contributed by atoms with Crippen molar-refractivity contribution in [3.8, 4) is 0 Å². The Kier molecular flexibility index (Phi) is 3.94. The molecule has 0 fully saturated rings. The van der Waals surface area contributed by atoms with E-state index in [1.54, 1.807) is 6.07 Å². The summed E-state index contributed by atoms with van der Waals surface area (Å²) in [5, 5.41) is 5.46. The summed E-state index contributed by atoms with van der Waals surface area (Å²) < 4.78 is 5.96. The molecule has 0 aliphatic rings. The van der Waals surface area contributed by atoms with E-state index in [4.69, 9.17) is 27.6 Å². The van der Waals surface area contributed by atoms with Crippen molar-refractivity contribution < 1.29 is 4.42 Å². The van der Waals surface area contributed by atoms with Gasteiger partial charge >= 0.3 is 0 Å². The normalized spacial score (nSPS) is 12.8. The minimum atomic E-state index is -0.0625. The third-order valence-corrected chi connectivity index (χ3v) is 4.28. The lowest BCUT2D eigenvalue weighted by molar-refractivity contribution is 0.491. The summed E-state index contributed by atoms with van der Waals surface area (Å²) in [5.41, 5.74) is 3.11. The van der Waals surface area contributed by atoms with Crippen LogP contribution in [0.1, 0.15) is 22.9 Å². The SMILES string of the molecule is CNC(c1ccc(Cl)c(Cl)c1)c1cc2cc(C)ccc2o1. The topological polar surface area (TPSA) is 25.2 Å². The molecule has 1 N–H and O–H groups in total. The maximum Gasteiger partial charge on any atom is 0.134 e. The van der Waals surface area contributed by atoms with Crippen LogP contribution in [0, 0.1) is 6.92 Å². The predicted molar refractivity (Wildman–Crippen MR) is 88.3 cm³/mol. The molecule has 0 radical (unpaired) electrons. The van der Waals surface area contributed by atoms with Crippen molar-refractivity contribution in [2.45, 2.75) is 13.0 Å². The Morgan fingerprint density at radius 1 is 1.00 bits per heavy atom. The number of hydrogen-bond acceptors (Lipinski definition) is 2. The Morgan fingerprint density at radius 2 is 1.81 bits per heavy atom. The largest absolute Gasteiger partial charge is 0.459 e. The first-order valence-electron chi connectivity index (χ1n) is 6.71. The van der Waals surface area contributed by atoms with Crippen molar-refractivity contribution in [1.29, 1.82) is 0 Å². The van der Waals surface area contributed by atoms with Crippen LogP contribution in [0.4, 0.5) is 0 Å². The fourth-order valence-corrected chi connectivity index (χ4v) is 2.80. The average Bonchev–Trinajstić information content (AvgIpc) is 2.86. The number of rotatable bonds is 3. The molecule has 0 aliphatic carbocycles. The van der Waals surface area contributed by atoms with E-state index in [-0.39, 0.29) is 6.04 Å². The highest BCUT2D eigenvalue weighted by Crippen LogP contribution is 2.31. The smallest absolute Gasteiger partial charge is 0.134 e. The molecule has 2 aromatic carbocycles. The summed E-state index contributed by atoms with van der Waals surface area (Å²) in [6.45, 7) is 2.07. The molecule has 1 heterocycles. The van der Waals surface area contributed by atoms with Gasteiger partial charge in [-0.15, -0.1) is 0 Å². The van der Waals surface area contributed by atoms with Gasteiger partial charge in [0.15, 0.2) is 0 Å². The molecule has 0 bridgehead atoms. The average molecular weight is 320 g/mol. The molecular formula is C17H15Cl2NO. The first-order chi connectivity index (χ1) is 10.1. The van der Waals surface area contributed by atoms with Gasteiger partial charge in [0.25, 0.3) is 0 Å². The Balaban J connectivity index is 2.06. The van der Waals surface area contributed by atoms with Crippen LogP contribution < -0.4 is 5.32 Å². The molecule has 0 saturated heterocycles. The summed E-state index contributed by atoms with van der Waals surface area (Å²) >= 11 is 12.1. The standard InChI is InChI=1S/C17H15Cl2NO/c1-10-3-6-15-12(7-10)9-16(21-15)17(20-2)11-4-5-13(18)14(19)8-11/h3-9,17,20H,1-2H3. The molecule has 0 spiro atoms. The van der Waals surface area contributed by atoms with Gasteiger partial charge in [0, 0.05) is 5.39 Å². The number of nitrogens with one attached hydrogen (secondary N) is 1. The highest BCUT2D eigenvalue weighted by Gasteiger charge is 2.17. The summed E-state index contributed by atoms with van der Waals surface area (Å²) in [5.74, 6) is 0.858. The predicted octanol–water partition coefficient (Wildman–Crippen LogP) is 5.36. The molecule has 108 valence electrons. The molecule has 1 atom stereocenters. The van der Waals surface area contributed by atoms with E-state index in [1.165, 1.54) is 5.56 Å². The van der Waals surface area contributed by atoms with Crippen LogP contribution in [0.15, 0.2) is 46.9 Å². The molecule has 1 aromatic heterocycles. The van der Waals surface area contributed by atoms with E-state index in [0.717, 1.165) is 22.3 Å². The van der Waals surface area contributed by atoms with Crippen molar-refractivity contribution in [3.05, 3.63) is 69.4 Å². The molecule has 0 amide bonds. The zero-order valence-corrected chi connectivity index (χ0v) is 13.3. The quantitative estimate of drug-likeness (QED) is 0.703. The monoisotopic (exact) mass is 319 g/mol. The fourth-order valence-electron chi connectivity index (χ4n) is 2.49. The van der Waals surface area contributed by atoms with Gasteiger partial charge in [-0.05, 0) is 49.9 Å². The second-order valence-corrected chi connectivity index (χ2v) is 5.90.